The van der Waals surface area contributed by atoms with Crippen LogP contribution in [0, 0.1) is 29.6 Å². The lowest BCUT2D eigenvalue weighted by molar-refractivity contribution is -0.142. The van der Waals surface area contributed by atoms with Crippen molar-refractivity contribution < 1.29 is 48.3 Å². The van der Waals surface area contributed by atoms with Gasteiger partial charge in [-0.2, -0.15) is 0 Å². The number of carbonyl (C=O) groups excluding carboxylic acids is 8. The Morgan fingerprint density at radius 2 is 1.04 bits per heavy atom. The van der Waals surface area contributed by atoms with E-state index in [9.17, 15) is 48.3 Å². The molecule has 0 fully saturated rings. The van der Waals surface area contributed by atoms with Gasteiger partial charge in [0, 0.05) is 13.0 Å². The number of rotatable bonds is 31. The molecule has 0 aromatic heterocycles. The van der Waals surface area contributed by atoms with Crippen molar-refractivity contribution in [3.8, 4) is 0 Å². The van der Waals surface area contributed by atoms with Crippen LogP contribution in [-0.4, -0.2) is 126 Å². The maximum absolute atomic E-state index is 14.2. The van der Waals surface area contributed by atoms with Gasteiger partial charge in [0.25, 0.3) is 0 Å². The Kier molecular flexibility index (Phi) is 27.2. The molecule has 69 heavy (non-hydrogen) atoms. The van der Waals surface area contributed by atoms with Crippen LogP contribution in [0.15, 0.2) is 35.3 Å². The Balaban J connectivity index is 3.30. The number of nitrogens with one attached hydrogen (secondary N) is 8. The molecule has 8 atom stereocenters. The van der Waals surface area contributed by atoms with E-state index >= 15 is 0 Å². The highest BCUT2D eigenvalue weighted by Gasteiger charge is 2.36. The monoisotopic (exact) mass is 973 g/mol. The fourth-order valence-electron chi connectivity index (χ4n) is 7.06. The summed E-state index contributed by atoms with van der Waals surface area (Å²) in [4.78, 5) is 124. The van der Waals surface area contributed by atoms with Crippen molar-refractivity contribution in [2.24, 2.45) is 51.8 Å². The number of carboxylic acids is 1. The number of nitrogens with two attached hydrogens (primary N) is 3. The van der Waals surface area contributed by atoms with Gasteiger partial charge in [-0.1, -0.05) is 106 Å². The van der Waals surface area contributed by atoms with Crippen LogP contribution in [-0.2, 0) is 49.6 Å². The first-order valence-electron chi connectivity index (χ1n) is 23.7. The number of carboxylic acid groups (broad SMARTS) is 1. The fourth-order valence-corrected chi connectivity index (χ4v) is 7.06. The average molecular weight is 973 g/mol. The predicted octanol–water partition coefficient (Wildman–Crippen LogP) is -0.714. The summed E-state index contributed by atoms with van der Waals surface area (Å²) in [5.41, 5.74) is 17.1. The lowest BCUT2D eigenvalue weighted by Crippen LogP contribution is -2.61. The van der Waals surface area contributed by atoms with Crippen molar-refractivity contribution in [1.29, 1.82) is 0 Å². The molecule has 1 rings (SSSR count). The summed E-state index contributed by atoms with van der Waals surface area (Å²) in [6.45, 7) is 16.8. The van der Waals surface area contributed by atoms with Crippen LogP contribution in [0.3, 0.4) is 0 Å². The molecule has 388 valence electrons. The molecule has 0 heterocycles. The number of hydrogen-bond donors (Lipinski definition) is 12. The molecular weight excluding hydrogens is 893 g/mol. The van der Waals surface area contributed by atoms with E-state index in [-0.39, 0.29) is 63.0 Å². The molecule has 1 aromatic carbocycles. The zero-order valence-electron chi connectivity index (χ0n) is 42.0. The molecule has 0 radical (unpaired) electrons. The van der Waals surface area contributed by atoms with Crippen molar-refractivity contribution in [3.63, 3.8) is 0 Å². The van der Waals surface area contributed by atoms with Crippen LogP contribution in [0.4, 0.5) is 0 Å². The molecule has 0 spiro atoms. The number of carbonyl (C=O) groups is 9. The van der Waals surface area contributed by atoms with Crippen molar-refractivity contribution in [2.75, 3.05) is 19.6 Å². The maximum Gasteiger partial charge on any atom is 0.326 e. The summed E-state index contributed by atoms with van der Waals surface area (Å²) >= 11 is 0. The molecule has 0 unspecified atom stereocenters. The van der Waals surface area contributed by atoms with Gasteiger partial charge in [-0.15, -0.1) is 0 Å². The highest BCUT2D eigenvalue weighted by atomic mass is 16.4. The number of aliphatic imine (C=N–C) groups is 1. The van der Waals surface area contributed by atoms with Crippen LogP contribution in [0.5, 0.6) is 0 Å². The minimum atomic E-state index is -1.29. The van der Waals surface area contributed by atoms with E-state index in [0.717, 1.165) is 0 Å². The normalized spacial score (nSPS) is 14.7. The summed E-state index contributed by atoms with van der Waals surface area (Å²) in [6.07, 6.45) is 1.01. The minimum absolute atomic E-state index is 0.000186. The lowest BCUT2D eigenvalue weighted by atomic mass is 9.95. The molecule has 0 bridgehead atoms. The van der Waals surface area contributed by atoms with Gasteiger partial charge in [0.2, 0.25) is 47.3 Å². The summed E-state index contributed by atoms with van der Waals surface area (Å²) < 4.78 is 0. The minimum Gasteiger partial charge on any atom is -0.480 e. The third kappa shape index (κ3) is 23.0. The SMILES string of the molecule is CC[C@H](C)[C@H](NC(=O)[C@H](CCCN=C(N)N)NC(=O)[C@H](CC(C)C)NC(=O)CNC(=O)[C@@H](NC(=O)[C@H](CC(C)C)NC(=O)CN)C(C)C)C(=O)N[C@H](C(=O)N[C@@H](Cc1ccccc1)C(=O)O)C(C)C. The molecule has 0 saturated carbocycles. The van der Waals surface area contributed by atoms with Gasteiger partial charge in [-0.3, -0.25) is 43.3 Å². The van der Waals surface area contributed by atoms with Gasteiger partial charge < -0.3 is 64.8 Å². The van der Waals surface area contributed by atoms with Gasteiger partial charge in [-0.25, -0.2) is 4.79 Å². The Labute approximate surface area is 406 Å². The Morgan fingerprint density at radius 1 is 0.580 bits per heavy atom. The fraction of sp³-hybridized carbons (Fsp3) is 0.660. The molecule has 22 nitrogen and oxygen atoms in total. The van der Waals surface area contributed by atoms with Crippen molar-refractivity contribution >= 4 is 59.2 Å². The van der Waals surface area contributed by atoms with Gasteiger partial charge in [0.05, 0.1) is 13.1 Å². The molecular formula is C47H80N12O10. The molecule has 0 aliphatic rings. The van der Waals surface area contributed by atoms with Gasteiger partial charge in [0.15, 0.2) is 5.96 Å². The molecule has 1 aromatic rings. The Morgan fingerprint density at radius 3 is 1.54 bits per heavy atom. The average Bonchev–Trinajstić information content (AvgIpc) is 3.27. The molecule has 0 saturated heterocycles. The van der Waals surface area contributed by atoms with E-state index in [1.807, 2.05) is 27.7 Å². The van der Waals surface area contributed by atoms with Crippen LogP contribution < -0.4 is 59.7 Å². The second-order valence-corrected chi connectivity index (χ2v) is 18.9. The van der Waals surface area contributed by atoms with E-state index in [1.54, 1.807) is 71.9 Å². The second kappa shape index (κ2) is 30.9. The summed E-state index contributed by atoms with van der Waals surface area (Å²) in [6, 6.07) is 0.533. The number of benzene rings is 1. The predicted molar refractivity (Wildman–Crippen MR) is 261 cm³/mol. The number of nitrogens with zero attached hydrogens (tertiary/aromatic N) is 1. The molecule has 8 amide bonds. The summed E-state index contributed by atoms with van der Waals surface area (Å²) in [7, 11) is 0. The third-order valence-electron chi connectivity index (χ3n) is 11.1. The summed E-state index contributed by atoms with van der Waals surface area (Å²) in [5, 5.41) is 31.0. The highest BCUT2D eigenvalue weighted by Crippen LogP contribution is 2.14. The number of amides is 8. The van der Waals surface area contributed by atoms with Crippen LogP contribution in [0.1, 0.15) is 107 Å². The van der Waals surface area contributed by atoms with E-state index < -0.39 is 120 Å². The molecule has 15 N–H and O–H groups in total. The largest absolute Gasteiger partial charge is 0.480 e. The lowest BCUT2D eigenvalue weighted by Gasteiger charge is -2.30. The van der Waals surface area contributed by atoms with E-state index in [0.29, 0.717) is 12.0 Å². The third-order valence-corrected chi connectivity index (χ3v) is 11.1. The first kappa shape index (κ1) is 60.7. The van der Waals surface area contributed by atoms with Gasteiger partial charge >= 0.3 is 5.97 Å². The highest BCUT2D eigenvalue weighted by molar-refractivity contribution is 5.97. The Bertz CT molecular complexity index is 1890. The van der Waals surface area contributed by atoms with Crippen molar-refractivity contribution in [3.05, 3.63) is 35.9 Å². The van der Waals surface area contributed by atoms with Crippen LogP contribution in [0.2, 0.25) is 0 Å². The molecule has 22 heteroatoms. The molecule has 0 aliphatic carbocycles. The zero-order valence-corrected chi connectivity index (χ0v) is 42.0. The zero-order chi connectivity index (χ0) is 52.5. The van der Waals surface area contributed by atoms with Gasteiger partial charge in [-0.05, 0) is 60.8 Å². The maximum atomic E-state index is 14.2. The van der Waals surface area contributed by atoms with Crippen LogP contribution in [0.25, 0.3) is 0 Å². The Hall–Kier alpha value is -6.32. The van der Waals surface area contributed by atoms with Crippen molar-refractivity contribution in [2.45, 2.75) is 150 Å². The first-order valence-corrected chi connectivity index (χ1v) is 23.7. The van der Waals surface area contributed by atoms with Crippen LogP contribution >= 0.6 is 0 Å². The van der Waals surface area contributed by atoms with E-state index in [1.165, 1.54) is 0 Å². The number of guanidine groups is 1. The van der Waals surface area contributed by atoms with E-state index in [2.05, 4.69) is 47.5 Å². The smallest absolute Gasteiger partial charge is 0.326 e. The second-order valence-electron chi connectivity index (χ2n) is 18.9. The topological polar surface area (TPSA) is 361 Å². The quantitative estimate of drug-likeness (QED) is 0.0249. The molecule has 0 aliphatic heterocycles. The summed E-state index contributed by atoms with van der Waals surface area (Å²) in [5.74, 6) is -8.50. The van der Waals surface area contributed by atoms with Crippen molar-refractivity contribution in [1.82, 2.24) is 42.5 Å². The van der Waals surface area contributed by atoms with Gasteiger partial charge in [0.1, 0.15) is 42.3 Å². The van der Waals surface area contributed by atoms with E-state index in [4.69, 9.17) is 17.2 Å². The number of aliphatic carboxylic acids is 1. The first-order chi connectivity index (χ1) is 32.3. The standard InChI is InChI=1S/C47H80N12O10/c1-11-29(10)39(45(67)58-38(28(8)9)44(66)56-34(46(68)69)22-30-16-13-12-14-17-30)59-40(62)31(18-15-19-51-47(49)50)55-41(63)32(20-25(2)3)54-36(61)24-52-43(65)37(27(6)7)57-42(64)33(21-26(4)5)53-35(60)23-48/h12-14,16-17,25-29,31-34,37-39H,11,15,18-24,48H2,1-10H3,(H,52,65)(H,53,60)(H,54,61)(H,55,63)(H,56,66)(H,57,64)(H,58,67)(H,59,62)(H,68,69)(H4,49,50,51)/t29-,31-,32-,33-,34-,37-,38-,39-/m0/s1. The number of hydrogen-bond acceptors (Lipinski definition) is 11.